The number of hydrogen-bond acceptors (Lipinski definition) is 4. The highest BCUT2D eigenvalue weighted by molar-refractivity contribution is 9.10. The van der Waals surface area contributed by atoms with Crippen LogP contribution in [0.2, 0.25) is 0 Å². The summed E-state index contributed by atoms with van der Waals surface area (Å²) in [4.78, 5) is 39.2. The molecule has 4 rings (SSSR count). The van der Waals surface area contributed by atoms with Gasteiger partial charge in [0, 0.05) is 4.47 Å². The molecule has 0 radical (unpaired) electrons. The van der Waals surface area contributed by atoms with Crippen LogP contribution >= 0.6 is 15.9 Å². The molecule has 2 fully saturated rings. The Morgan fingerprint density at radius 3 is 2.29 bits per heavy atom. The molecule has 1 saturated carbocycles. The number of nitrogens with zero attached hydrogens (tertiary/aromatic N) is 1. The molecular weight excluding hydrogens is 422 g/mol. The molecule has 1 aliphatic heterocycles. The summed E-state index contributed by atoms with van der Waals surface area (Å²) < 4.78 is 6.33. The molecule has 1 saturated heterocycles. The Morgan fingerprint density at radius 1 is 1.00 bits per heavy atom. The Bertz CT molecular complexity index is 900. The third-order valence-corrected chi connectivity index (χ3v) is 5.99. The molecule has 2 atom stereocenters. The number of esters is 1. The summed E-state index contributed by atoms with van der Waals surface area (Å²) in [5.74, 6) is -1.20. The van der Waals surface area contributed by atoms with E-state index >= 15 is 0 Å². The Balaban J connectivity index is 1.49. The molecule has 2 aromatic carbocycles. The second-order valence-electron chi connectivity index (χ2n) is 7.26. The Labute approximate surface area is 171 Å². The standard InChI is InChI=1S/C22H20BrNO4/c23-16-10-8-14(9-11-16)13-28-22(27)15-4-3-5-17(12-15)24-20(25)18-6-1-2-7-19(18)21(24)26/h3-5,8-12,18-19H,1-2,6-7,13H2/t18-,19+. The zero-order valence-corrected chi connectivity index (χ0v) is 16.9. The lowest BCUT2D eigenvalue weighted by Gasteiger charge is -2.19. The van der Waals surface area contributed by atoms with Crippen LogP contribution in [0.1, 0.15) is 41.6 Å². The van der Waals surface area contributed by atoms with Crippen LogP contribution in [-0.2, 0) is 20.9 Å². The number of hydrogen-bond donors (Lipinski definition) is 0. The fraction of sp³-hybridized carbons (Fsp3) is 0.318. The summed E-state index contributed by atoms with van der Waals surface area (Å²) in [6, 6.07) is 14.1. The molecule has 5 nitrogen and oxygen atoms in total. The first-order valence-electron chi connectivity index (χ1n) is 9.44. The minimum atomic E-state index is -0.485. The summed E-state index contributed by atoms with van der Waals surface area (Å²) in [5, 5.41) is 0. The third kappa shape index (κ3) is 3.61. The quantitative estimate of drug-likeness (QED) is 0.517. The van der Waals surface area contributed by atoms with Crippen molar-refractivity contribution in [3.63, 3.8) is 0 Å². The first-order chi connectivity index (χ1) is 13.5. The van der Waals surface area contributed by atoms with Crippen LogP contribution in [0.25, 0.3) is 0 Å². The van der Waals surface area contributed by atoms with Gasteiger partial charge in [0.2, 0.25) is 11.8 Å². The summed E-state index contributed by atoms with van der Waals surface area (Å²) in [6.45, 7) is 0.155. The minimum absolute atomic E-state index is 0.143. The zero-order chi connectivity index (χ0) is 19.7. The first-order valence-corrected chi connectivity index (χ1v) is 10.2. The molecule has 2 aromatic rings. The molecule has 2 amide bonds. The van der Waals surface area contributed by atoms with Crippen LogP contribution in [0.3, 0.4) is 0 Å². The number of fused-ring (bicyclic) bond motifs is 1. The van der Waals surface area contributed by atoms with Gasteiger partial charge in [0.1, 0.15) is 6.61 Å². The normalized spacial score (nSPS) is 21.5. The van der Waals surface area contributed by atoms with Gasteiger partial charge in [-0.1, -0.05) is 47.0 Å². The summed E-state index contributed by atoms with van der Waals surface area (Å²) in [6.07, 6.45) is 3.49. The molecule has 0 aromatic heterocycles. The van der Waals surface area contributed by atoms with Gasteiger partial charge in [0.25, 0.3) is 0 Å². The van der Waals surface area contributed by atoms with Gasteiger partial charge in [-0.2, -0.15) is 0 Å². The van der Waals surface area contributed by atoms with Crippen molar-refractivity contribution in [2.24, 2.45) is 11.8 Å². The Kier molecular flexibility index (Phi) is 5.31. The molecule has 6 heteroatoms. The van der Waals surface area contributed by atoms with E-state index in [1.54, 1.807) is 24.3 Å². The molecule has 0 spiro atoms. The molecule has 144 valence electrons. The number of carbonyl (C=O) groups excluding carboxylic acids is 3. The second-order valence-corrected chi connectivity index (χ2v) is 8.18. The van der Waals surface area contributed by atoms with Gasteiger partial charge in [-0.3, -0.25) is 14.5 Å². The van der Waals surface area contributed by atoms with Gasteiger partial charge < -0.3 is 4.74 Å². The highest BCUT2D eigenvalue weighted by Crippen LogP contribution is 2.40. The number of ether oxygens (including phenoxy) is 1. The molecule has 0 unspecified atom stereocenters. The van der Waals surface area contributed by atoms with Crippen LogP contribution in [0.5, 0.6) is 0 Å². The topological polar surface area (TPSA) is 63.7 Å². The van der Waals surface area contributed by atoms with Gasteiger partial charge in [-0.25, -0.2) is 4.79 Å². The van der Waals surface area contributed by atoms with Crippen molar-refractivity contribution in [1.29, 1.82) is 0 Å². The largest absolute Gasteiger partial charge is 0.457 e. The fourth-order valence-electron chi connectivity index (χ4n) is 4.00. The van der Waals surface area contributed by atoms with Crippen LogP contribution < -0.4 is 4.90 Å². The maximum absolute atomic E-state index is 12.8. The average Bonchev–Trinajstić information content (AvgIpc) is 2.98. The third-order valence-electron chi connectivity index (χ3n) is 5.46. The lowest BCUT2D eigenvalue weighted by Crippen LogP contribution is -2.31. The van der Waals surface area contributed by atoms with Crippen molar-refractivity contribution >= 4 is 39.4 Å². The van der Waals surface area contributed by atoms with Crippen molar-refractivity contribution in [1.82, 2.24) is 0 Å². The van der Waals surface area contributed by atoms with Gasteiger partial charge >= 0.3 is 5.97 Å². The highest BCUT2D eigenvalue weighted by atomic mass is 79.9. The summed E-state index contributed by atoms with van der Waals surface area (Å²) in [5.41, 5.74) is 1.65. The first kappa shape index (κ1) is 18.9. The molecule has 0 bridgehead atoms. The van der Waals surface area contributed by atoms with E-state index < -0.39 is 5.97 Å². The van der Waals surface area contributed by atoms with Crippen LogP contribution in [-0.4, -0.2) is 17.8 Å². The number of carbonyl (C=O) groups is 3. The van der Waals surface area contributed by atoms with Crippen LogP contribution in [0, 0.1) is 11.8 Å². The molecular formula is C22H20BrNO4. The maximum atomic E-state index is 12.8. The summed E-state index contributed by atoms with van der Waals surface area (Å²) in [7, 11) is 0. The van der Waals surface area contributed by atoms with Gasteiger partial charge in [-0.05, 0) is 48.7 Å². The lowest BCUT2D eigenvalue weighted by molar-refractivity contribution is -0.122. The maximum Gasteiger partial charge on any atom is 0.338 e. The van der Waals surface area contributed by atoms with E-state index in [1.165, 1.54) is 4.90 Å². The van der Waals surface area contributed by atoms with Crippen LogP contribution in [0.15, 0.2) is 53.0 Å². The number of anilines is 1. The van der Waals surface area contributed by atoms with Crippen molar-refractivity contribution in [3.8, 4) is 0 Å². The van der Waals surface area contributed by atoms with Crippen molar-refractivity contribution < 1.29 is 19.1 Å². The number of rotatable bonds is 4. The molecule has 1 heterocycles. The lowest BCUT2D eigenvalue weighted by atomic mass is 9.81. The van der Waals surface area contributed by atoms with E-state index in [1.807, 2.05) is 24.3 Å². The van der Waals surface area contributed by atoms with E-state index in [4.69, 9.17) is 4.74 Å². The Morgan fingerprint density at radius 2 is 1.64 bits per heavy atom. The van der Waals surface area contributed by atoms with Crippen molar-refractivity contribution in [2.45, 2.75) is 32.3 Å². The number of amides is 2. The van der Waals surface area contributed by atoms with Gasteiger partial charge in [0.05, 0.1) is 23.1 Å². The predicted molar refractivity (Wildman–Crippen MR) is 108 cm³/mol. The monoisotopic (exact) mass is 441 g/mol. The van der Waals surface area contributed by atoms with E-state index in [0.29, 0.717) is 11.3 Å². The average molecular weight is 442 g/mol. The van der Waals surface area contributed by atoms with E-state index in [0.717, 1.165) is 35.7 Å². The summed E-state index contributed by atoms with van der Waals surface area (Å²) >= 11 is 3.37. The number of halogens is 1. The smallest absolute Gasteiger partial charge is 0.338 e. The zero-order valence-electron chi connectivity index (χ0n) is 15.3. The molecule has 28 heavy (non-hydrogen) atoms. The fourth-order valence-corrected chi connectivity index (χ4v) is 4.27. The molecule has 0 N–H and O–H groups in total. The van der Waals surface area contributed by atoms with E-state index in [-0.39, 0.29) is 30.3 Å². The Hall–Kier alpha value is -2.47. The minimum Gasteiger partial charge on any atom is -0.457 e. The molecule has 2 aliphatic rings. The van der Waals surface area contributed by atoms with Crippen LogP contribution in [0.4, 0.5) is 5.69 Å². The number of benzene rings is 2. The van der Waals surface area contributed by atoms with Crippen molar-refractivity contribution in [3.05, 3.63) is 64.1 Å². The highest BCUT2D eigenvalue weighted by Gasteiger charge is 2.48. The molecule has 1 aliphatic carbocycles. The van der Waals surface area contributed by atoms with Crippen molar-refractivity contribution in [2.75, 3.05) is 4.90 Å². The SMILES string of the molecule is O=C(OCc1ccc(Br)cc1)c1cccc(N2C(=O)[C@H]3CCCC[C@H]3C2=O)c1. The number of imide groups is 1. The van der Waals surface area contributed by atoms with Gasteiger partial charge in [0.15, 0.2) is 0 Å². The van der Waals surface area contributed by atoms with E-state index in [9.17, 15) is 14.4 Å². The van der Waals surface area contributed by atoms with Gasteiger partial charge in [-0.15, -0.1) is 0 Å². The predicted octanol–water partition coefficient (Wildman–Crippen LogP) is 4.49. The second kappa shape index (κ2) is 7.87. The van der Waals surface area contributed by atoms with E-state index in [2.05, 4.69) is 15.9 Å².